The van der Waals surface area contributed by atoms with Crippen molar-refractivity contribution in [2.24, 2.45) is 0 Å². The highest BCUT2D eigenvalue weighted by atomic mass is 15.1. The molecule has 0 atom stereocenters. The van der Waals surface area contributed by atoms with Gasteiger partial charge in [-0.15, -0.1) is 0 Å². The first kappa shape index (κ1) is 34.6. The van der Waals surface area contributed by atoms with Crippen LogP contribution < -0.4 is 4.90 Å². The minimum Gasteiger partial charge on any atom is -0.310 e. The molecule has 2 saturated carbocycles. The molecule has 1 nitrogen and oxygen atoms in total. The second-order valence-electron chi connectivity index (χ2n) is 18.2. The van der Waals surface area contributed by atoms with Crippen LogP contribution in [0, 0.1) is 0 Å². The van der Waals surface area contributed by atoms with Crippen molar-refractivity contribution >= 4 is 17.1 Å². The van der Waals surface area contributed by atoms with E-state index in [1.54, 1.807) is 0 Å². The van der Waals surface area contributed by atoms with Crippen LogP contribution in [0.1, 0.15) is 137 Å². The van der Waals surface area contributed by atoms with Gasteiger partial charge in [0.05, 0.1) is 0 Å². The van der Waals surface area contributed by atoms with Gasteiger partial charge in [-0.25, -0.2) is 0 Å². The highest BCUT2D eigenvalue weighted by Gasteiger charge is 2.38. The van der Waals surface area contributed by atoms with Gasteiger partial charge < -0.3 is 4.90 Å². The molecule has 0 saturated heterocycles. The molecule has 0 aromatic heterocycles. The van der Waals surface area contributed by atoms with Crippen LogP contribution >= 0.6 is 0 Å². The summed E-state index contributed by atoms with van der Waals surface area (Å²) in [5.74, 6) is 1.41. The Labute approximate surface area is 329 Å². The smallest absolute Gasteiger partial charge is 0.0465 e. The maximum absolute atomic E-state index is 2.50. The SMILES string of the molecule is CC1(C)c2ccccc2-c2cc(-c3ccc4c(c3)-c3ccc(N(c5ccc(C6CCCCC6)cc5)c5ccc(C6CCCCC6)cc5)cc3C4(C)C)ccc21. The quantitative estimate of drug-likeness (QED) is 0.166. The molecule has 0 radical (unpaired) electrons. The number of nitrogens with zero attached hydrogens (tertiary/aromatic N) is 1. The van der Waals surface area contributed by atoms with Crippen LogP contribution in [0.3, 0.4) is 0 Å². The lowest BCUT2D eigenvalue weighted by molar-refractivity contribution is 0.443. The first-order valence-corrected chi connectivity index (χ1v) is 21.3. The summed E-state index contributed by atoms with van der Waals surface area (Å²) in [7, 11) is 0. The van der Waals surface area contributed by atoms with Crippen LogP contribution in [0.4, 0.5) is 17.1 Å². The molecule has 0 unspecified atom stereocenters. The molecule has 10 rings (SSSR count). The molecule has 4 aliphatic rings. The monoisotopic (exact) mass is 717 g/mol. The normalized spacial score (nSPS) is 18.3. The zero-order chi connectivity index (χ0) is 37.3. The summed E-state index contributed by atoms with van der Waals surface area (Å²) in [4.78, 5) is 2.50. The van der Waals surface area contributed by atoms with Crippen molar-refractivity contribution in [3.8, 4) is 33.4 Å². The van der Waals surface area contributed by atoms with Crippen molar-refractivity contribution in [2.45, 2.75) is 115 Å². The van der Waals surface area contributed by atoms with E-state index in [1.165, 1.54) is 148 Å². The fraction of sp³-hybridized carbons (Fsp3) is 0.333. The Morgan fingerprint density at radius 3 is 1.35 bits per heavy atom. The Balaban J connectivity index is 1.03. The summed E-state index contributed by atoms with van der Waals surface area (Å²) in [6, 6.07) is 49.8. The van der Waals surface area contributed by atoms with Crippen LogP contribution in [0.15, 0.2) is 127 Å². The van der Waals surface area contributed by atoms with Crippen LogP contribution in [0.5, 0.6) is 0 Å². The molecular formula is C54H55N. The van der Waals surface area contributed by atoms with E-state index in [2.05, 4.69) is 160 Å². The van der Waals surface area contributed by atoms with Gasteiger partial charge in [0.2, 0.25) is 0 Å². The number of anilines is 3. The molecule has 0 spiro atoms. The summed E-state index contributed by atoms with van der Waals surface area (Å²) < 4.78 is 0. The highest BCUT2D eigenvalue weighted by Crippen LogP contribution is 2.53. The van der Waals surface area contributed by atoms with Crippen molar-refractivity contribution in [3.05, 3.63) is 161 Å². The van der Waals surface area contributed by atoms with E-state index >= 15 is 0 Å². The number of fused-ring (bicyclic) bond motifs is 6. The van der Waals surface area contributed by atoms with Crippen LogP contribution in [-0.4, -0.2) is 0 Å². The van der Waals surface area contributed by atoms with Gasteiger partial charge in [-0.1, -0.05) is 145 Å². The lowest BCUT2D eigenvalue weighted by atomic mass is 9.81. The molecule has 55 heavy (non-hydrogen) atoms. The molecule has 6 aromatic carbocycles. The minimum atomic E-state index is -0.110. The van der Waals surface area contributed by atoms with Crippen LogP contribution in [0.2, 0.25) is 0 Å². The first-order valence-electron chi connectivity index (χ1n) is 21.3. The standard InChI is InChI=1S/C54H55N/c1-53(2)49-18-12-11-17-45(49)47-33-40(23-31-50(47)53)41-24-32-51-48(34-41)46-30-29-44(35-52(46)54(51,3)4)55(42-25-19-38(20-26-42)36-13-7-5-8-14-36)43-27-21-39(22-28-43)37-15-9-6-10-16-37/h11-12,17-37H,5-10,13-16H2,1-4H3. The van der Waals surface area contributed by atoms with E-state index in [0.717, 1.165) is 0 Å². The van der Waals surface area contributed by atoms with Gasteiger partial charge in [0.25, 0.3) is 0 Å². The zero-order valence-electron chi connectivity index (χ0n) is 33.3. The Bertz CT molecular complexity index is 2320. The third-order valence-electron chi connectivity index (χ3n) is 14.3. The molecular weight excluding hydrogens is 663 g/mol. The largest absolute Gasteiger partial charge is 0.310 e. The third-order valence-corrected chi connectivity index (χ3v) is 14.3. The molecule has 2 fully saturated rings. The lowest BCUT2D eigenvalue weighted by Gasteiger charge is -2.29. The summed E-state index contributed by atoms with van der Waals surface area (Å²) in [5.41, 5.74) is 20.4. The number of benzene rings is 6. The fourth-order valence-electron chi connectivity index (χ4n) is 11.1. The maximum atomic E-state index is 2.50. The second kappa shape index (κ2) is 13.4. The predicted molar refractivity (Wildman–Crippen MR) is 233 cm³/mol. The predicted octanol–water partition coefficient (Wildman–Crippen LogP) is 15.5. The van der Waals surface area contributed by atoms with Gasteiger partial charge in [0.1, 0.15) is 0 Å². The Hall–Kier alpha value is -4.88. The molecule has 0 heterocycles. The van der Waals surface area contributed by atoms with E-state index in [1.807, 2.05) is 0 Å². The second-order valence-corrected chi connectivity index (χ2v) is 18.2. The first-order chi connectivity index (χ1) is 26.8. The van der Waals surface area contributed by atoms with Crippen molar-refractivity contribution in [1.29, 1.82) is 0 Å². The Morgan fingerprint density at radius 1 is 0.382 bits per heavy atom. The molecule has 4 aliphatic carbocycles. The number of hydrogen-bond acceptors (Lipinski definition) is 1. The van der Waals surface area contributed by atoms with Gasteiger partial charge in [-0.05, 0) is 153 Å². The van der Waals surface area contributed by atoms with Crippen molar-refractivity contribution in [3.63, 3.8) is 0 Å². The van der Waals surface area contributed by atoms with Crippen LogP contribution in [-0.2, 0) is 10.8 Å². The molecule has 0 N–H and O–H groups in total. The lowest BCUT2D eigenvalue weighted by Crippen LogP contribution is -2.16. The molecule has 1 heteroatoms. The molecule has 0 amide bonds. The Morgan fingerprint density at radius 2 is 0.818 bits per heavy atom. The molecule has 0 aliphatic heterocycles. The summed E-state index contributed by atoms with van der Waals surface area (Å²) in [6.07, 6.45) is 13.5. The van der Waals surface area contributed by atoms with Gasteiger partial charge in [-0.3, -0.25) is 0 Å². The minimum absolute atomic E-state index is 0.0196. The Kier molecular flexibility index (Phi) is 8.43. The average Bonchev–Trinajstić information content (AvgIpc) is 3.60. The summed E-state index contributed by atoms with van der Waals surface area (Å²) >= 11 is 0. The molecule has 0 bridgehead atoms. The number of rotatable bonds is 6. The zero-order valence-corrected chi connectivity index (χ0v) is 33.3. The third kappa shape index (κ3) is 5.80. The number of hydrogen-bond donors (Lipinski definition) is 0. The molecule has 276 valence electrons. The van der Waals surface area contributed by atoms with Crippen LogP contribution in [0.25, 0.3) is 33.4 Å². The van der Waals surface area contributed by atoms with Crippen molar-refractivity contribution < 1.29 is 0 Å². The van der Waals surface area contributed by atoms with Gasteiger partial charge in [-0.2, -0.15) is 0 Å². The van der Waals surface area contributed by atoms with E-state index in [4.69, 9.17) is 0 Å². The molecule has 6 aromatic rings. The van der Waals surface area contributed by atoms with Crippen molar-refractivity contribution in [2.75, 3.05) is 4.90 Å². The fourth-order valence-corrected chi connectivity index (χ4v) is 11.1. The summed E-state index contributed by atoms with van der Waals surface area (Å²) in [5, 5.41) is 0. The van der Waals surface area contributed by atoms with Gasteiger partial charge in [0, 0.05) is 27.9 Å². The average molecular weight is 718 g/mol. The van der Waals surface area contributed by atoms with E-state index in [9.17, 15) is 0 Å². The van der Waals surface area contributed by atoms with Gasteiger partial charge in [0.15, 0.2) is 0 Å². The summed E-state index contributed by atoms with van der Waals surface area (Å²) in [6.45, 7) is 9.55. The van der Waals surface area contributed by atoms with E-state index < -0.39 is 0 Å². The van der Waals surface area contributed by atoms with Gasteiger partial charge >= 0.3 is 0 Å². The van der Waals surface area contributed by atoms with E-state index in [0.29, 0.717) is 11.8 Å². The topological polar surface area (TPSA) is 3.24 Å². The van der Waals surface area contributed by atoms with Crippen molar-refractivity contribution in [1.82, 2.24) is 0 Å². The maximum Gasteiger partial charge on any atom is 0.0465 e. The highest BCUT2D eigenvalue weighted by molar-refractivity contribution is 5.89. The van der Waals surface area contributed by atoms with E-state index in [-0.39, 0.29) is 10.8 Å².